The van der Waals surface area contributed by atoms with E-state index in [1.165, 1.54) is 0 Å². The number of hydrogen-bond donors (Lipinski definition) is 2. The summed E-state index contributed by atoms with van der Waals surface area (Å²) in [6.45, 7) is 3.80. The van der Waals surface area contributed by atoms with E-state index in [-0.39, 0.29) is 17.1 Å². The Morgan fingerprint density at radius 2 is 1.75 bits per heavy atom. The molecule has 0 unspecified atom stereocenters. The third-order valence-electron chi connectivity index (χ3n) is 5.94. The predicted molar refractivity (Wildman–Crippen MR) is 120 cm³/mol. The van der Waals surface area contributed by atoms with E-state index in [9.17, 15) is 9.59 Å². The zero-order valence-corrected chi connectivity index (χ0v) is 18.7. The SMILES string of the molecule is COc1cc2c(cc1OC)[C@H](c1ccc(OCC(=O)O)cc1)C1=C(CC(C)(C)CC1=O)N2. The molecule has 0 bridgehead atoms. The minimum Gasteiger partial charge on any atom is -0.493 e. The van der Waals surface area contributed by atoms with E-state index in [1.807, 2.05) is 24.3 Å². The van der Waals surface area contributed by atoms with Gasteiger partial charge in [0.1, 0.15) is 5.75 Å². The number of carbonyl (C=O) groups excluding carboxylic acids is 1. The van der Waals surface area contributed by atoms with Crippen LogP contribution in [0.1, 0.15) is 43.7 Å². The molecule has 1 heterocycles. The summed E-state index contributed by atoms with van der Waals surface area (Å²) < 4.78 is 16.3. The Balaban J connectivity index is 1.83. The fraction of sp³-hybridized carbons (Fsp3) is 0.360. The molecular formula is C25H27NO6. The highest BCUT2D eigenvalue weighted by Crippen LogP contribution is 2.51. The van der Waals surface area contributed by atoms with E-state index in [0.717, 1.165) is 34.5 Å². The number of rotatable bonds is 6. The zero-order chi connectivity index (χ0) is 23.0. The summed E-state index contributed by atoms with van der Waals surface area (Å²) in [5.41, 5.74) is 4.29. The molecule has 0 spiro atoms. The number of ether oxygens (including phenoxy) is 3. The molecule has 1 aliphatic heterocycles. The lowest BCUT2D eigenvalue weighted by Crippen LogP contribution is -2.33. The van der Waals surface area contributed by atoms with Crippen molar-refractivity contribution in [1.82, 2.24) is 0 Å². The molecule has 32 heavy (non-hydrogen) atoms. The van der Waals surface area contributed by atoms with Crippen molar-refractivity contribution in [3.05, 3.63) is 58.8 Å². The number of benzene rings is 2. The van der Waals surface area contributed by atoms with Crippen molar-refractivity contribution in [2.24, 2.45) is 5.41 Å². The average molecular weight is 437 g/mol. The molecule has 0 aromatic heterocycles. The summed E-state index contributed by atoms with van der Waals surface area (Å²) in [6, 6.07) is 11.0. The summed E-state index contributed by atoms with van der Waals surface area (Å²) in [5.74, 6) is 0.474. The second-order valence-electron chi connectivity index (χ2n) is 8.94. The van der Waals surface area contributed by atoms with Crippen LogP contribution in [-0.4, -0.2) is 37.7 Å². The fourth-order valence-electron chi connectivity index (χ4n) is 4.59. The van der Waals surface area contributed by atoms with Gasteiger partial charge in [-0.15, -0.1) is 0 Å². The maximum absolute atomic E-state index is 13.3. The smallest absolute Gasteiger partial charge is 0.341 e. The topological polar surface area (TPSA) is 94.1 Å². The van der Waals surface area contributed by atoms with Crippen LogP contribution in [0.5, 0.6) is 17.2 Å². The highest BCUT2D eigenvalue weighted by Gasteiger charge is 2.41. The third kappa shape index (κ3) is 4.02. The second kappa shape index (κ2) is 8.22. The third-order valence-corrected chi connectivity index (χ3v) is 5.94. The zero-order valence-electron chi connectivity index (χ0n) is 18.7. The molecule has 7 heteroatoms. The van der Waals surface area contributed by atoms with Gasteiger partial charge in [0.2, 0.25) is 0 Å². The summed E-state index contributed by atoms with van der Waals surface area (Å²) in [7, 11) is 3.18. The predicted octanol–water partition coefficient (Wildman–Crippen LogP) is 4.37. The van der Waals surface area contributed by atoms with Gasteiger partial charge in [-0.3, -0.25) is 4.79 Å². The fourth-order valence-corrected chi connectivity index (χ4v) is 4.59. The van der Waals surface area contributed by atoms with Crippen molar-refractivity contribution < 1.29 is 28.9 Å². The Morgan fingerprint density at radius 3 is 2.38 bits per heavy atom. The minimum atomic E-state index is -1.03. The number of hydrogen-bond acceptors (Lipinski definition) is 6. The number of carboxylic acids is 1. The first-order valence-electron chi connectivity index (χ1n) is 10.5. The van der Waals surface area contributed by atoms with Crippen molar-refractivity contribution in [3.63, 3.8) is 0 Å². The van der Waals surface area contributed by atoms with E-state index in [2.05, 4.69) is 19.2 Å². The number of nitrogens with one attached hydrogen (secondary N) is 1. The molecule has 1 atom stereocenters. The molecule has 7 nitrogen and oxygen atoms in total. The highest BCUT2D eigenvalue weighted by molar-refractivity contribution is 6.01. The molecular weight excluding hydrogens is 410 g/mol. The van der Waals surface area contributed by atoms with Crippen molar-refractivity contribution in [2.75, 3.05) is 26.1 Å². The maximum Gasteiger partial charge on any atom is 0.341 e. The van der Waals surface area contributed by atoms with Gasteiger partial charge in [0.05, 0.1) is 14.2 Å². The lowest BCUT2D eigenvalue weighted by Gasteiger charge is -2.39. The van der Waals surface area contributed by atoms with Crippen LogP contribution >= 0.6 is 0 Å². The number of anilines is 1. The number of carbonyl (C=O) groups is 2. The van der Waals surface area contributed by atoms with E-state index < -0.39 is 12.6 Å². The van der Waals surface area contributed by atoms with Crippen LogP contribution in [0.2, 0.25) is 0 Å². The highest BCUT2D eigenvalue weighted by atomic mass is 16.5. The van der Waals surface area contributed by atoms with Gasteiger partial charge in [-0.25, -0.2) is 4.79 Å². The van der Waals surface area contributed by atoms with E-state index in [4.69, 9.17) is 19.3 Å². The number of carboxylic acid groups (broad SMARTS) is 1. The Kier molecular flexibility index (Phi) is 5.59. The molecule has 2 N–H and O–H groups in total. The monoisotopic (exact) mass is 437 g/mol. The van der Waals surface area contributed by atoms with Crippen LogP contribution in [0, 0.1) is 5.41 Å². The summed E-state index contributed by atoms with van der Waals surface area (Å²) in [4.78, 5) is 24.1. The quantitative estimate of drug-likeness (QED) is 0.693. The number of fused-ring (bicyclic) bond motifs is 1. The van der Waals surface area contributed by atoms with Crippen LogP contribution in [0.4, 0.5) is 5.69 Å². The van der Waals surface area contributed by atoms with Gasteiger partial charge in [-0.1, -0.05) is 26.0 Å². The lowest BCUT2D eigenvalue weighted by molar-refractivity contribution is -0.139. The molecule has 0 fully saturated rings. The molecule has 0 amide bonds. The average Bonchev–Trinajstić information content (AvgIpc) is 2.74. The first-order chi connectivity index (χ1) is 15.2. The van der Waals surface area contributed by atoms with Crippen LogP contribution in [0.3, 0.4) is 0 Å². The van der Waals surface area contributed by atoms with Crippen LogP contribution < -0.4 is 19.5 Å². The Labute approximate surface area is 187 Å². The van der Waals surface area contributed by atoms with Gasteiger partial charge in [-0.05, 0) is 41.2 Å². The van der Waals surface area contributed by atoms with Crippen molar-refractivity contribution >= 4 is 17.4 Å². The summed E-state index contributed by atoms with van der Waals surface area (Å²) in [6.07, 6.45) is 1.24. The van der Waals surface area contributed by atoms with Crippen molar-refractivity contribution in [1.29, 1.82) is 0 Å². The Hall–Kier alpha value is -3.48. The summed E-state index contributed by atoms with van der Waals surface area (Å²) >= 11 is 0. The summed E-state index contributed by atoms with van der Waals surface area (Å²) in [5, 5.41) is 12.3. The Morgan fingerprint density at radius 1 is 1.09 bits per heavy atom. The van der Waals surface area contributed by atoms with Crippen LogP contribution in [-0.2, 0) is 9.59 Å². The number of allylic oxidation sites excluding steroid dienone is 2. The minimum absolute atomic E-state index is 0.125. The van der Waals surface area contributed by atoms with E-state index in [1.54, 1.807) is 26.4 Å². The van der Waals surface area contributed by atoms with Gasteiger partial charge in [0.25, 0.3) is 0 Å². The first kappa shape index (κ1) is 21.7. The Bertz CT molecular complexity index is 1100. The van der Waals surface area contributed by atoms with E-state index in [0.29, 0.717) is 23.7 Å². The van der Waals surface area contributed by atoms with Crippen LogP contribution in [0.15, 0.2) is 47.7 Å². The maximum atomic E-state index is 13.3. The first-order valence-corrected chi connectivity index (χ1v) is 10.5. The number of ketones is 1. The van der Waals surface area contributed by atoms with Gasteiger partial charge in [-0.2, -0.15) is 0 Å². The molecule has 2 aromatic carbocycles. The normalized spacial score (nSPS) is 18.9. The molecule has 4 rings (SSSR count). The standard InChI is InChI=1S/C25H27NO6/c1-25(2)11-18-24(19(27)12-25)23(14-5-7-15(8-6-14)32-13-22(28)29)16-9-20(30-3)21(31-4)10-17(16)26-18/h5-10,23,26H,11-13H2,1-4H3,(H,28,29)/t23-/m0/s1. The molecule has 1 aliphatic carbocycles. The molecule has 0 saturated carbocycles. The van der Waals surface area contributed by atoms with Crippen LogP contribution in [0.25, 0.3) is 0 Å². The van der Waals surface area contributed by atoms with Gasteiger partial charge in [0, 0.05) is 35.4 Å². The molecule has 2 aromatic rings. The molecule has 0 saturated heterocycles. The number of aliphatic carboxylic acids is 1. The number of methoxy groups -OCH3 is 2. The molecule has 168 valence electrons. The number of Topliss-reactive ketones (excluding diaryl/α,β-unsaturated/α-hetero) is 1. The van der Waals surface area contributed by atoms with Gasteiger partial charge in [0.15, 0.2) is 23.9 Å². The lowest BCUT2D eigenvalue weighted by atomic mass is 9.68. The second-order valence-corrected chi connectivity index (χ2v) is 8.94. The largest absolute Gasteiger partial charge is 0.493 e. The molecule has 0 radical (unpaired) electrons. The molecule has 2 aliphatic rings. The van der Waals surface area contributed by atoms with E-state index >= 15 is 0 Å². The van der Waals surface area contributed by atoms with Crippen molar-refractivity contribution in [2.45, 2.75) is 32.6 Å². The van der Waals surface area contributed by atoms with Crippen molar-refractivity contribution in [3.8, 4) is 17.2 Å². The van der Waals surface area contributed by atoms with Gasteiger partial charge >= 0.3 is 5.97 Å². The van der Waals surface area contributed by atoms with Gasteiger partial charge < -0.3 is 24.6 Å².